The van der Waals surface area contributed by atoms with Crippen molar-refractivity contribution in [3.8, 4) is 12.3 Å². The fourth-order valence-electron chi connectivity index (χ4n) is 1.90. The summed E-state index contributed by atoms with van der Waals surface area (Å²) >= 11 is 0. The van der Waals surface area contributed by atoms with Gasteiger partial charge in [0.25, 0.3) is 0 Å². The first kappa shape index (κ1) is 17.6. The van der Waals surface area contributed by atoms with Crippen molar-refractivity contribution in [1.82, 2.24) is 4.90 Å². The van der Waals surface area contributed by atoms with Gasteiger partial charge < -0.3 is 9.84 Å². The predicted molar refractivity (Wildman–Crippen MR) is 77.6 cm³/mol. The van der Waals surface area contributed by atoms with E-state index in [9.17, 15) is 13.9 Å². The Morgan fingerprint density at radius 3 is 2.67 bits per heavy atom. The standard InChI is InChI=1S/C16H21F2NO2/c1-4-7-21-11-15(20)10-19(12(2)3)9-13-5-6-14(17)8-16(13)18/h1,5-6,8,12,15,20H,7,9-11H2,2-3H3/t15-/m1/s1. The van der Waals surface area contributed by atoms with Crippen LogP contribution in [-0.2, 0) is 11.3 Å². The summed E-state index contributed by atoms with van der Waals surface area (Å²) in [6.07, 6.45) is 4.34. The Balaban J connectivity index is 2.63. The van der Waals surface area contributed by atoms with E-state index >= 15 is 0 Å². The quantitative estimate of drug-likeness (QED) is 0.590. The fourth-order valence-corrected chi connectivity index (χ4v) is 1.90. The maximum Gasteiger partial charge on any atom is 0.130 e. The molecule has 0 fully saturated rings. The van der Waals surface area contributed by atoms with Crippen LogP contribution in [0, 0.1) is 24.0 Å². The number of rotatable bonds is 8. The van der Waals surface area contributed by atoms with Crippen LogP contribution >= 0.6 is 0 Å². The van der Waals surface area contributed by atoms with E-state index in [4.69, 9.17) is 11.2 Å². The number of benzene rings is 1. The number of aliphatic hydroxyl groups excluding tert-OH is 1. The van der Waals surface area contributed by atoms with Crippen LogP contribution in [0.1, 0.15) is 19.4 Å². The zero-order valence-electron chi connectivity index (χ0n) is 12.4. The van der Waals surface area contributed by atoms with Gasteiger partial charge in [0, 0.05) is 30.8 Å². The molecular formula is C16H21F2NO2. The molecule has 5 heteroatoms. The Morgan fingerprint density at radius 1 is 1.38 bits per heavy atom. The average Bonchev–Trinajstić information content (AvgIpc) is 2.41. The normalized spacial score (nSPS) is 12.7. The highest BCUT2D eigenvalue weighted by atomic mass is 19.1. The van der Waals surface area contributed by atoms with Crippen LogP contribution in [0.4, 0.5) is 8.78 Å². The largest absolute Gasteiger partial charge is 0.389 e. The van der Waals surface area contributed by atoms with Crippen molar-refractivity contribution in [3.63, 3.8) is 0 Å². The van der Waals surface area contributed by atoms with Gasteiger partial charge in [0.05, 0.1) is 12.7 Å². The van der Waals surface area contributed by atoms with Crippen LogP contribution in [0.5, 0.6) is 0 Å². The molecule has 0 unspecified atom stereocenters. The van der Waals surface area contributed by atoms with E-state index < -0.39 is 17.7 Å². The molecule has 0 bridgehead atoms. The second kappa shape index (κ2) is 8.73. The second-order valence-electron chi connectivity index (χ2n) is 5.13. The van der Waals surface area contributed by atoms with Crippen LogP contribution in [-0.4, -0.2) is 41.9 Å². The van der Waals surface area contributed by atoms with E-state index in [1.165, 1.54) is 12.1 Å². The summed E-state index contributed by atoms with van der Waals surface area (Å²) in [7, 11) is 0. The van der Waals surface area contributed by atoms with Gasteiger partial charge in [0.1, 0.15) is 18.2 Å². The summed E-state index contributed by atoms with van der Waals surface area (Å²) in [4.78, 5) is 1.89. The Morgan fingerprint density at radius 2 is 2.10 bits per heavy atom. The maximum atomic E-state index is 13.7. The number of hydrogen-bond acceptors (Lipinski definition) is 3. The minimum atomic E-state index is -0.718. The zero-order valence-corrected chi connectivity index (χ0v) is 12.4. The van der Waals surface area contributed by atoms with Gasteiger partial charge >= 0.3 is 0 Å². The number of hydrogen-bond donors (Lipinski definition) is 1. The van der Waals surface area contributed by atoms with Crippen LogP contribution in [0.25, 0.3) is 0 Å². The molecule has 0 spiro atoms. The zero-order chi connectivity index (χ0) is 15.8. The molecule has 116 valence electrons. The van der Waals surface area contributed by atoms with Gasteiger partial charge in [-0.3, -0.25) is 4.90 Å². The summed E-state index contributed by atoms with van der Waals surface area (Å²) in [5.41, 5.74) is 0.391. The lowest BCUT2D eigenvalue weighted by Crippen LogP contribution is -2.39. The topological polar surface area (TPSA) is 32.7 Å². The van der Waals surface area contributed by atoms with Crippen LogP contribution in [0.3, 0.4) is 0 Å². The number of halogens is 2. The van der Waals surface area contributed by atoms with Gasteiger partial charge in [-0.25, -0.2) is 8.78 Å². The van der Waals surface area contributed by atoms with E-state index in [0.717, 1.165) is 6.07 Å². The minimum Gasteiger partial charge on any atom is -0.389 e. The first-order valence-corrected chi connectivity index (χ1v) is 6.81. The lowest BCUT2D eigenvalue weighted by atomic mass is 10.1. The first-order chi connectivity index (χ1) is 9.93. The lowest BCUT2D eigenvalue weighted by Gasteiger charge is -2.28. The molecular weight excluding hydrogens is 276 g/mol. The molecule has 0 aromatic heterocycles. The molecule has 3 nitrogen and oxygen atoms in total. The SMILES string of the molecule is C#CCOC[C@H](O)CN(Cc1ccc(F)cc1F)C(C)C. The van der Waals surface area contributed by atoms with E-state index in [0.29, 0.717) is 12.1 Å². The van der Waals surface area contributed by atoms with Crippen LogP contribution < -0.4 is 0 Å². The monoisotopic (exact) mass is 297 g/mol. The average molecular weight is 297 g/mol. The predicted octanol–water partition coefficient (Wildman–Crippen LogP) is 2.19. The van der Waals surface area contributed by atoms with Gasteiger partial charge in [0.2, 0.25) is 0 Å². The van der Waals surface area contributed by atoms with Gasteiger partial charge in [-0.2, -0.15) is 0 Å². The Kier molecular flexibility index (Phi) is 7.30. The third kappa shape index (κ3) is 6.21. The molecule has 0 saturated heterocycles. The summed E-state index contributed by atoms with van der Waals surface area (Å²) in [6.45, 7) is 4.76. The molecule has 0 aliphatic rings. The van der Waals surface area contributed by atoms with Crippen molar-refractivity contribution >= 4 is 0 Å². The van der Waals surface area contributed by atoms with Gasteiger partial charge in [0.15, 0.2) is 0 Å². The molecule has 1 aromatic carbocycles. The number of aliphatic hydroxyl groups is 1. The molecule has 0 amide bonds. The third-order valence-electron chi connectivity index (χ3n) is 3.06. The van der Waals surface area contributed by atoms with E-state index in [-0.39, 0.29) is 25.8 Å². The Bertz CT molecular complexity index is 486. The minimum absolute atomic E-state index is 0.0942. The smallest absolute Gasteiger partial charge is 0.130 e. The van der Waals surface area contributed by atoms with E-state index in [2.05, 4.69) is 5.92 Å². The third-order valence-corrected chi connectivity index (χ3v) is 3.06. The van der Waals surface area contributed by atoms with Gasteiger partial charge in [-0.05, 0) is 19.9 Å². The molecule has 0 aliphatic carbocycles. The molecule has 0 aliphatic heterocycles. The van der Waals surface area contributed by atoms with E-state index in [1.54, 1.807) is 0 Å². The van der Waals surface area contributed by atoms with Crippen molar-refractivity contribution in [1.29, 1.82) is 0 Å². The van der Waals surface area contributed by atoms with Crippen molar-refractivity contribution < 1.29 is 18.6 Å². The van der Waals surface area contributed by atoms with Crippen molar-refractivity contribution in [2.45, 2.75) is 32.5 Å². The van der Waals surface area contributed by atoms with Crippen molar-refractivity contribution in [3.05, 3.63) is 35.4 Å². The highest BCUT2D eigenvalue weighted by Crippen LogP contribution is 2.14. The fraction of sp³-hybridized carbons (Fsp3) is 0.500. The van der Waals surface area contributed by atoms with Crippen LogP contribution in [0.2, 0.25) is 0 Å². The molecule has 0 radical (unpaired) electrons. The van der Waals surface area contributed by atoms with Crippen molar-refractivity contribution in [2.75, 3.05) is 19.8 Å². The second-order valence-corrected chi connectivity index (χ2v) is 5.13. The van der Waals surface area contributed by atoms with Gasteiger partial charge in [-0.15, -0.1) is 6.42 Å². The van der Waals surface area contributed by atoms with Crippen molar-refractivity contribution in [2.24, 2.45) is 0 Å². The summed E-state index contributed by atoms with van der Waals surface area (Å²) < 4.78 is 31.7. The summed E-state index contributed by atoms with van der Waals surface area (Å²) in [6, 6.07) is 3.60. The Labute approximate surface area is 124 Å². The first-order valence-electron chi connectivity index (χ1n) is 6.81. The molecule has 1 rings (SSSR count). The molecule has 1 atom stereocenters. The highest BCUT2D eigenvalue weighted by molar-refractivity contribution is 5.18. The summed E-state index contributed by atoms with van der Waals surface area (Å²) in [5.74, 6) is 1.13. The highest BCUT2D eigenvalue weighted by Gasteiger charge is 2.17. The molecule has 21 heavy (non-hydrogen) atoms. The molecule has 0 saturated carbocycles. The molecule has 1 N–H and O–H groups in total. The number of terminal acetylenes is 1. The van der Waals surface area contributed by atoms with Crippen LogP contribution in [0.15, 0.2) is 18.2 Å². The summed E-state index contributed by atoms with van der Waals surface area (Å²) in [5, 5.41) is 9.90. The number of nitrogens with zero attached hydrogens (tertiary/aromatic N) is 1. The molecule has 1 aromatic rings. The number of ether oxygens (including phenoxy) is 1. The Hall–Kier alpha value is -1.48. The maximum absolute atomic E-state index is 13.7. The molecule has 0 heterocycles. The van der Waals surface area contributed by atoms with Gasteiger partial charge in [-0.1, -0.05) is 12.0 Å². The van der Waals surface area contributed by atoms with E-state index in [1.807, 2.05) is 18.7 Å². The lowest BCUT2D eigenvalue weighted by molar-refractivity contribution is 0.0189.